The second-order valence-electron chi connectivity index (χ2n) is 4.73. The number of aliphatic hydroxyl groups excluding tert-OH is 1. The molecule has 100 valence electrons. The maximum absolute atomic E-state index is 12.2. The summed E-state index contributed by atoms with van der Waals surface area (Å²) in [6, 6.07) is 6.14. The highest BCUT2D eigenvalue weighted by molar-refractivity contribution is 7.89. The molecule has 0 saturated heterocycles. The number of nitrogens with zero attached hydrogens (tertiary/aromatic N) is 1. The highest BCUT2D eigenvalue weighted by Crippen LogP contribution is 2.29. The highest BCUT2D eigenvalue weighted by Gasteiger charge is 2.31. The standard InChI is InChI=1S/C12H16ClNO3S/c1-14(8-9-6-11(15)7-9)18(16,17)12-4-2-10(13)3-5-12/h2-5,9,11,15H,6-8H2,1H3. The van der Waals surface area contributed by atoms with Gasteiger partial charge < -0.3 is 5.11 Å². The van der Waals surface area contributed by atoms with Gasteiger partial charge in [0.15, 0.2) is 0 Å². The molecule has 0 radical (unpaired) electrons. The molecular weight excluding hydrogens is 274 g/mol. The monoisotopic (exact) mass is 289 g/mol. The van der Waals surface area contributed by atoms with Crippen molar-refractivity contribution in [2.24, 2.45) is 5.92 Å². The van der Waals surface area contributed by atoms with Crippen molar-refractivity contribution in [3.63, 3.8) is 0 Å². The minimum Gasteiger partial charge on any atom is -0.393 e. The van der Waals surface area contributed by atoms with E-state index in [1.54, 1.807) is 19.2 Å². The van der Waals surface area contributed by atoms with Crippen LogP contribution in [0.2, 0.25) is 5.02 Å². The molecule has 4 nitrogen and oxygen atoms in total. The van der Waals surface area contributed by atoms with Crippen LogP contribution in [0.5, 0.6) is 0 Å². The molecule has 1 saturated carbocycles. The molecule has 2 rings (SSSR count). The number of hydrogen-bond acceptors (Lipinski definition) is 3. The van der Waals surface area contributed by atoms with Crippen molar-refractivity contribution < 1.29 is 13.5 Å². The number of hydrogen-bond donors (Lipinski definition) is 1. The molecule has 1 fully saturated rings. The van der Waals surface area contributed by atoms with E-state index in [1.807, 2.05) is 0 Å². The fraction of sp³-hybridized carbons (Fsp3) is 0.500. The SMILES string of the molecule is CN(CC1CC(O)C1)S(=O)(=O)c1ccc(Cl)cc1. The maximum atomic E-state index is 12.2. The first-order valence-corrected chi connectivity index (χ1v) is 7.61. The Balaban J connectivity index is 2.08. The van der Waals surface area contributed by atoms with Crippen molar-refractivity contribution in [1.82, 2.24) is 4.31 Å². The van der Waals surface area contributed by atoms with Crippen LogP contribution in [0.4, 0.5) is 0 Å². The van der Waals surface area contributed by atoms with E-state index >= 15 is 0 Å². The third-order valence-electron chi connectivity index (χ3n) is 3.25. The molecule has 18 heavy (non-hydrogen) atoms. The van der Waals surface area contributed by atoms with Crippen molar-refractivity contribution in [2.75, 3.05) is 13.6 Å². The van der Waals surface area contributed by atoms with E-state index in [1.165, 1.54) is 16.4 Å². The average Bonchev–Trinajstić information content (AvgIpc) is 2.27. The van der Waals surface area contributed by atoms with Crippen molar-refractivity contribution in [3.8, 4) is 0 Å². The zero-order valence-electron chi connectivity index (χ0n) is 10.1. The smallest absolute Gasteiger partial charge is 0.242 e. The number of aliphatic hydroxyl groups is 1. The van der Waals surface area contributed by atoms with Gasteiger partial charge in [0.1, 0.15) is 0 Å². The summed E-state index contributed by atoms with van der Waals surface area (Å²) in [6.07, 6.45) is 1.10. The largest absolute Gasteiger partial charge is 0.393 e. The summed E-state index contributed by atoms with van der Waals surface area (Å²) in [5.41, 5.74) is 0. The number of rotatable bonds is 4. The molecule has 0 heterocycles. The lowest BCUT2D eigenvalue weighted by molar-refractivity contribution is 0.0367. The minimum atomic E-state index is -3.45. The quantitative estimate of drug-likeness (QED) is 0.918. The Morgan fingerprint density at radius 2 is 1.89 bits per heavy atom. The summed E-state index contributed by atoms with van der Waals surface area (Å²) in [5, 5.41) is 9.71. The van der Waals surface area contributed by atoms with Crippen LogP contribution in [0.1, 0.15) is 12.8 Å². The van der Waals surface area contributed by atoms with E-state index in [4.69, 9.17) is 11.6 Å². The van der Waals surface area contributed by atoms with E-state index in [-0.39, 0.29) is 16.9 Å². The topological polar surface area (TPSA) is 57.6 Å². The summed E-state index contributed by atoms with van der Waals surface area (Å²) >= 11 is 5.74. The van der Waals surface area contributed by atoms with Crippen molar-refractivity contribution in [1.29, 1.82) is 0 Å². The van der Waals surface area contributed by atoms with Gasteiger partial charge in [-0.15, -0.1) is 0 Å². The van der Waals surface area contributed by atoms with E-state index in [0.717, 1.165) is 0 Å². The van der Waals surface area contributed by atoms with Crippen LogP contribution < -0.4 is 0 Å². The first-order chi connectivity index (χ1) is 8.39. The van der Waals surface area contributed by atoms with Crippen LogP contribution in [0, 0.1) is 5.92 Å². The summed E-state index contributed by atoms with van der Waals surface area (Å²) < 4.78 is 25.8. The van der Waals surface area contributed by atoms with Crippen LogP contribution in [0.3, 0.4) is 0 Å². The van der Waals surface area contributed by atoms with Crippen LogP contribution in [0.25, 0.3) is 0 Å². The molecule has 1 N–H and O–H groups in total. The van der Waals surface area contributed by atoms with Gasteiger partial charge in [0.05, 0.1) is 11.0 Å². The van der Waals surface area contributed by atoms with Crippen molar-refractivity contribution in [2.45, 2.75) is 23.8 Å². The Morgan fingerprint density at radius 3 is 2.39 bits per heavy atom. The fourth-order valence-corrected chi connectivity index (χ4v) is 3.47. The third-order valence-corrected chi connectivity index (χ3v) is 5.34. The van der Waals surface area contributed by atoms with Crippen molar-refractivity contribution >= 4 is 21.6 Å². The molecule has 1 aliphatic carbocycles. The summed E-state index contributed by atoms with van der Waals surface area (Å²) in [5.74, 6) is 0.257. The van der Waals surface area contributed by atoms with Gasteiger partial charge in [0.2, 0.25) is 10.0 Å². The summed E-state index contributed by atoms with van der Waals surface area (Å²) in [7, 11) is -1.89. The Hall–Kier alpha value is -0.620. The lowest BCUT2D eigenvalue weighted by atomic mass is 9.82. The van der Waals surface area contributed by atoms with Gasteiger partial charge in [-0.05, 0) is 43.0 Å². The number of halogens is 1. The molecule has 0 aliphatic heterocycles. The lowest BCUT2D eigenvalue weighted by Gasteiger charge is -2.34. The molecule has 0 atom stereocenters. The zero-order valence-corrected chi connectivity index (χ0v) is 11.7. The van der Waals surface area contributed by atoms with Gasteiger partial charge in [0, 0.05) is 18.6 Å². The van der Waals surface area contributed by atoms with Crippen LogP contribution in [-0.4, -0.2) is 37.5 Å². The molecule has 0 unspecified atom stereocenters. The van der Waals surface area contributed by atoms with Gasteiger partial charge in [0.25, 0.3) is 0 Å². The number of sulfonamides is 1. The second kappa shape index (κ2) is 5.17. The van der Waals surface area contributed by atoms with Gasteiger partial charge in [-0.25, -0.2) is 12.7 Å². The zero-order chi connectivity index (χ0) is 13.3. The number of benzene rings is 1. The Bertz CT molecular complexity index is 509. The summed E-state index contributed by atoms with van der Waals surface area (Å²) in [4.78, 5) is 0.245. The predicted molar refractivity (Wildman–Crippen MR) is 70.0 cm³/mol. The molecule has 0 amide bonds. The van der Waals surface area contributed by atoms with Gasteiger partial charge in [-0.1, -0.05) is 11.6 Å². The maximum Gasteiger partial charge on any atom is 0.242 e. The predicted octanol–water partition coefficient (Wildman–Crippen LogP) is 1.73. The Labute approximate surface area is 112 Å². The molecule has 0 aromatic heterocycles. The minimum absolute atomic E-state index is 0.245. The molecule has 6 heteroatoms. The molecule has 1 aliphatic rings. The van der Waals surface area contributed by atoms with E-state index in [0.29, 0.717) is 24.4 Å². The van der Waals surface area contributed by atoms with E-state index < -0.39 is 10.0 Å². The normalized spacial score (nSPS) is 24.0. The molecule has 0 spiro atoms. The fourth-order valence-electron chi connectivity index (χ4n) is 2.10. The van der Waals surface area contributed by atoms with E-state index in [9.17, 15) is 13.5 Å². The molecular formula is C12H16ClNO3S. The second-order valence-corrected chi connectivity index (χ2v) is 7.21. The molecule has 1 aromatic rings. The van der Waals surface area contributed by atoms with Gasteiger partial charge in [-0.2, -0.15) is 0 Å². The first-order valence-electron chi connectivity index (χ1n) is 5.79. The third kappa shape index (κ3) is 2.85. The summed E-state index contributed by atoms with van der Waals surface area (Å²) in [6.45, 7) is 0.446. The Kier molecular flexibility index (Phi) is 3.96. The molecule has 1 aromatic carbocycles. The van der Waals surface area contributed by atoms with Gasteiger partial charge >= 0.3 is 0 Å². The highest BCUT2D eigenvalue weighted by atomic mass is 35.5. The first kappa shape index (κ1) is 13.8. The van der Waals surface area contributed by atoms with Crippen LogP contribution in [0.15, 0.2) is 29.2 Å². The average molecular weight is 290 g/mol. The van der Waals surface area contributed by atoms with Gasteiger partial charge in [-0.3, -0.25) is 0 Å². The van der Waals surface area contributed by atoms with Crippen LogP contribution in [-0.2, 0) is 10.0 Å². The Morgan fingerprint density at radius 1 is 1.33 bits per heavy atom. The van der Waals surface area contributed by atoms with Crippen molar-refractivity contribution in [3.05, 3.63) is 29.3 Å². The molecule has 0 bridgehead atoms. The van der Waals surface area contributed by atoms with E-state index in [2.05, 4.69) is 0 Å². The van der Waals surface area contributed by atoms with Crippen LogP contribution >= 0.6 is 11.6 Å². The lowest BCUT2D eigenvalue weighted by Crippen LogP contribution is -2.39.